The number of nitrogens with one attached hydrogen (secondary N) is 1. The largest absolute Gasteiger partial charge is 0.384 e. The zero-order valence-corrected chi connectivity index (χ0v) is 15.8. The Morgan fingerprint density at radius 2 is 2.00 bits per heavy atom. The third-order valence-electron chi connectivity index (χ3n) is 5.14. The summed E-state index contributed by atoms with van der Waals surface area (Å²) >= 11 is 0. The monoisotopic (exact) mass is 377 g/mol. The average molecular weight is 377 g/mol. The van der Waals surface area contributed by atoms with Gasteiger partial charge < -0.3 is 9.64 Å². The highest BCUT2D eigenvalue weighted by atomic mass is 16.5. The maximum atomic E-state index is 13.0. The van der Waals surface area contributed by atoms with Crippen LogP contribution in [0, 0.1) is 5.92 Å². The van der Waals surface area contributed by atoms with Crippen molar-refractivity contribution in [3.63, 3.8) is 0 Å². The van der Waals surface area contributed by atoms with Crippen LogP contribution in [0.15, 0.2) is 48.5 Å². The fourth-order valence-electron chi connectivity index (χ4n) is 3.73. The SMILES string of the molecule is COC[C@@H]1CCCN(C(=O)c2cccc(-c3ccc(-c4nn[nH]n4)cc3)c2)C1. The fraction of sp³-hybridized carbons (Fsp3) is 0.333. The van der Waals surface area contributed by atoms with Crippen molar-refractivity contribution in [2.45, 2.75) is 12.8 Å². The molecular formula is C21H23N5O2. The first-order chi connectivity index (χ1) is 13.7. The molecular weight excluding hydrogens is 354 g/mol. The second-order valence-corrected chi connectivity index (χ2v) is 7.11. The number of methoxy groups -OCH3 is 1. The number of piperidine rings is 1. The van der Waals surface area contributed by atoms with Gasteiger partial charge in [-0.25, -0.2) is 0 Å². The number of nitrogens with zero attached hydrogens (tertiary/aromatic N) is 4. The van der Waals surface area contributed by atoms with Gasteiger partial charge in [0.25, 0.3) is 5.91 Å². The van der Waals surface area contributed by atoms with Crippen molar-refractivity contribution < 1.29 is 9.53 Å². The van der Waals surface area contributed by atoms with Crippen molar-refractivity contribution in [2.75, 3.05) is 26.8 Å². The maximum absolute atomic E-state index is 13.0. The Bertz CT molecular complexity index is 922. The Hall–Kier alpha value is -3.06. The molecule has 144 valence electrons. The normalized spacial score (nSPS) is 16.9. The first-order valence-corrected chi connectivity index (χ1v) is 9.47. The molecule has 0 spiro atoms. The van der Waals surface area contributed by atoms with Crippen LogP contribution >= 0.6 is 0 Å². The van der Waals surface area contributed by atoms with Crippen LogP contribution in [-0.2, 0) is 4.74 Å². The summed E-state index contributed by atoms with van der Waals surface area (Å²) in [5.74, 6) is 1.07. The lowest BCUT2D eigenvalue weighted by atomic mass is 9.97. The van der Waals surface area contributed by atoms with Gasteiger partial charge in [0.05, 0.1) is 6.61 Å². The molecule has 2 heterocycles. The van der Waals surface area contributed by atoms with Crippen molar-refractivity contribution in [1.29, 1.82) is 0 Å². The van der Waals surface area contributed by atoms with Gasteiger partial charge in [-0.2, -0.15) is 5.21 Å². The molecule has 0 aliphatic carbocycles. The molecule has 7 nitrogen and oxygen atoms in total. The van der Waals surface area contributed by atoms with Gasteiger partial charge in [0, 0.05) is 31.3 Å². The summed E-state index contributed by atoms with van der Waals surface area (Å²) in [5, 5.41) is 14.0. The molecule has 0 radical (unpaired) electrons. The summed E-state index contributed by atoms with van der Waals surface area (Å²) in [6.07, 6.45) is 2.14. The van der Waals surface area contributed by atoms with E-state index in [4.69, 9.17) is 4.74 Å². The summed E-state index contributed by atoms with van der Waals surface area (Å²) in [5.41, 5.74) is 3.66. The lowest BCUT2D eigenvalue weighted by Crippen LogP contribution is -2.41. The van der Waals surface area contributed by atoms with Gasteiger partial charge >= 0.3 is 0 Å². The van der Waals surface area contributed by atoms with Crippen molar-refractivity contribution in [1.82, 2.24) is 25.5 Å². The van der Waals surface area contributed by atoms with E-state index in [0.29, 0.717) is 18.3 Å². The minimum Gasteiger partial charge on any atom is -0.384 e. The highest BCUT2D eigenvalue weighted by Gasteiger charge is 2.24. The standard InChI is InChI=1S/C21H23N5O2/c1-28-14-15-4-3-11-26(13-15)21(27)19-6-2-5-18(12-19)16-7-9-17(10-8-16)20-22-24-25-23-20/h2,5-10,12,15H,3-4,11,13-14H2,1H3,(H,22,23,24,25)/t15-/m1/s1. The van der Waals surface area contributed by atoms with E-state index in [2.05, 4.69) is 20.6 Å². The van der Waals surface area contributed by atoms with E-state index < -0.39 is 0 Å². The summed E-state index contributed by atoms with van der Waals surface area (Å²) in [4.78, 5) is 15.0. The lowest BCUT2D eigenvalue weighted by molar-refractivity contribution is 0.0571. The van der Waals surface area contributed by atoms with Crippen LogP contribution in [0.1, 0.15) is 23.2 Å². The summed E-state index contributed by atoms with van der Waals surface area (Å²) in [6, 6.07) is 15.7. The van der Waals surface area contributed by atoms with E-state index in [1.54, 1.807) is 7.11 Å². The van der Waals surface area contributed by atoms with Gasteiger partial charge in [0.2, 0.25) is 5.82 Å². The third kappa shape index (κ3) is 3.94. The number of hydrogen-bond acceptors (Lipinski definition) is 5. The van der Waals surface area contributed by atoms with Crippen molar-refractivity contribution >= 4 is 5.91 Å². The number of aromatic amines is 1. The zero-order valence-electron chi connectivity index (χ0n) is 15.8. The van der Waals surface area contributed by atoms with E-state index in [1.807, 2.05) is 53.4 Å². The number of hydrogen-bond donors (Lipinski definition) is 1. The van der Waals surface area contributed by atoms with Crippen LogP contribution in [0.25, 0.3) is 22.5 Å². The number of aromatic nitrogens is 4. The third-order valence-corrected chi connectivity index (χ3v) is 5.14. The van der Waals surface area contributed by atoms with Gasteiger partial charge in [0.15, 0.2) is 0 Å². The van der Waals surface area contributed by atoms with E-state index in [9.17, 15) is 4.79 Å². The van der Waals surface area contributed by atoms with E-state index >= 15 is 0 Å². The number of H-pyrrole nitrogens is 1. The number of rotatable bonds is 5. The molecule has 3 aromatic rings. The molecule has 0 unspecified atom stereocenters. The van der Waals surface area contributed by atoms with Crippen LogP contribution in [-0.4, -0.2) is 58.2 Å². The number of ether oxygens (including phenoxy) is 1. The molecule has 1 atom stereocenters. The molecule has 1 aliphatic heterocycles. The second-order valence-electron chi connectivity index (χ2n) is 7.11. The van der Waals surface area contributed by atoms with Crippen molar-refractivity contribution in [2.24, 2.45) is 5.92 Å². The van der Waals surface area contributed by atoms with Crippen molar-refractivity contribution in [3.05, 3.63) is 54.1 Å². The van der Waals surface area contributed by atoms with Crippen molar-refractivity contribution in [3.8, 4) is 22.5 Å². The molecule has 1 amide bonds. The van der Waals surface area contributed by atoms with Gasteiger partial charge in [-0.15, -0.1) is 10.2 Å². The number of amides is 1. The fourth-order valence-corrected chi connectivity index (χ4v) is 3.73. The maximum Gasteiger partial charge on any atom is 0.253 e. The molecule has 28 heavy (non-hydrogen) atoms. The topological polar surface area (TPSA) is 84.0 Å². The number of likely N-dealkylation sites (tertiary alicyclic amines) is 1. The first-order valence-electron chi connectivity index (χ1n) is 9.47. The number of tetrazole rings is 1. The predicted molar refractivity (Wildman–Crippen MR) is 106 cm³/mol. The molecule has 7 heteroatoms. The Balaban J connectivity index is 1.52. The number of benzene rings is 2. The summed E-state index contributed by atoms with van der Waals surface area (Å²) in [7, 11) is 1.72. The van der Waals surface area contributed by atoms with Crippen LogP contribution in [0.3, 0.4) is 0 Å². The quantitative estimate of drug-likeness (QED) is 0.739. The van der Waals surface area contributed by atoms with Crippen LogP contribution in [0.2, 0.25) is 0 Å². The van der Waals surface area contributed by atoms with E-state index in [-0.39, 0.29) is 5.91 Å². The molecule has 1 aromatic heterocycles. The average Bonchev–Trinajstić information content (AvgIpc) is 3.29. The summed E-state index contributed by atoms with van der Waals surface area (Å²) in [6.45, 7) is 2.27. The molecule has 0 saturated carbocycles. The molecule has 1 fully saturated rings. The van der Waals surface area contributed by atoms with Crippen LogP contribution in [0.5, 0.6) is 0 Å². The predicted octanol–water partition coefficient (Wildman–Crippen LogP) is 3.03. The van der Waals surface area contributed by atoms with E-state index in [0.717, 1.165) is 48.2 Å². The Kier molecular flexibility index (Phi) is 5.43. The highest BCUT2D eigenvalue weighted by Crippen LogP contribution is 2.25. The summed E-state index contributed by atoms with van der Waals surface area (Å²) < 4.78 is 5.28. The molecule has 1 N–H and O–H groups in total. The van der Waals surface area contributed by atoms with Crippen LogP contribution in [0.4, 0.5) is 0 Å². The molecule has 1 saturated heterocycles. The molecule has 1 aliphatic rings. The molecule has 4 rings (SSSR count). The highest BCUT2D eigenvalue weighted by molar-refractivity contribution is 5.95. The Labute approximate surface area is 163 Å². The minimum atomic E-state index is 0.0890. The number of carbonyl (C=O) groups excluding carboxylic acids is 1. The van der Waals surface area contributed by atoms with Gasteiger partial charge in [-0.05, 0) is 47.2 Å². The van der Waals surface area contributed by atoms with Crippen LogP contribution < -0.4 is 0 Å². The minimum absolute atomic E-state index is 0.0890. The molecule has 2 aromatic carbocycles. The first kappa shape index (κ1) is 18.3. The van der Waals surface area contributed by atoms with E-state index in [1.165, 1.54) is 0 Å². The van der Waals surface area contributed by atoms with Gasteiger partial charge in [0.1, 0.15) is 0 Å². The second kappa shape index (κ2) is 8.31. The van der Waals surface area contributed by atoms with Gasteiger partial charge in [-0.3, -0.25) is 4.79 Å². The zero-order chi connectivity index (χ0) is 19.3. The Morgan fingerprint density at radius 1 is 1.18 bits per heavy atom. The number of carbonyl (C=O) groups is 1. The molecule has 0 bridgehead atoms. The lowest BCUT2D eigenvalue weighted by Gasteiger charge is -2.32. The van der Waals surface area contributed by atoms with Gasteiger partial charge in [-0.1, -0.05) is 36.4 Å². The smallest absolute Gasteiger partial charge is 0.253 e. The Morgan fingerprint density at radius 3 is 2.75 bits per heavy atom.